The van der Waals surface area contributed by atoms with Crippen molar-refractivity contribution in [3.63, 3.8) is 0 Å². The zero-order valence-corrected chi connectivity index (χ0v) is 12.7. The molecule has 0 radical (unpaired) electrons. The molecule has 0 fully saturated rings. The monoisotopic (exact) mass is 309 g/mol. The second-order valence-corrected chi connectivity index (χ2v) is 4.78. The molecule has 1 N–H and O–H groups in total. The molecule has 0 aliphatic carbocycles. The predicted molar refractivity (Wildman–Crippen MR) is 85.9 cm³/mol. The maximum Gasteiger partial charge on any atom is 0.181 e. The third-order valence-corrected chi connectivity index (χ3v) is 3.57. The van der Waals surface area contributed by atoms with Crippen LogP contribution < -0.4 is 5.32 Å². The van der Waals surface area contributed by atoms with Crippen molar-refractivity contribution in [2.75, 3.05) is 7.05 Å². The van der Waals surface area contributed by atoms with E-state index in [9.17, 15) is 4.79 Å². The van der Waals surface area contributed by atoms with Crippen LogP contribution in [0.25, 0.3) is 0 Å². The lowest BCUT2D eigenvalue weighted by Crippen LogP contribution is -2.37. The fourth-order valence-electron chi connectivity index (χ4n) is 2.02. The van der Waals surface area contributed by atoms with Crippen molar-refractivity contribution in [3.8, 4) is 0 Å². The number of hydrogen-bond donors (Lipinski definition) is 1. The van der Waals surface area contributed by atoms with Gasteiger partial charge in [0, 0.05) is 5.56 Å². The number of halogens is 2. The molecule has 0 aliphatic rings. The average molecular weight is 310 g/mol. The van der Waals surface area contributed by atoms with Crippen LogP contribution in [0, 0.1) is 0 Å². The number of likely N-dealkylation sites (N-methyl/N-ethyl adjacent to an activating group) is 1. The van der Waals surface area contributed by atoms with Crippen LogP contribution in [0.5, 0.6) is 0 Å². The summed E-state index contributed by atoms with van der Waals surface area (Å²) in [4.78, 5) is 12.4. The van der Waals surface area contributed by atoms with Crippen LogP contribution in [0.1, 0.15) is 21.3 Å². The molecule has 0 spiro atoms. The van der Waals surface area contributed by atoms with Gasteiger partial charge in [-0.3, -0.25) is 4.79 Å². The molecule has 0 saturated carbocycles. The SMILES string of the molecule is CNC(C(=O)c1ccccc1)C(Cl)c1ccccc1.Cl. The number of carbonyl (C=O) groups is 1. The quantitative estimate of drug-likeness (QED) is 0.671. The van der Waals surface area contributed by atoms with Gasteiger partial charge in [0.1, 0.15) is 0 Å². The highest BCUT2D eigenvalue weighted by Gasteiger charge is 2.27. The van der Waals surface area contributed by atoms with Gasteiger partial charge in [-0.2, -0.15) is 0 Å². The van der Waals surface area contributed by atoms with Gasteiger partial charge in [0.25, 0.3) is 0 Å². The van der Waals surface area contributed by atoms with Crippen molar-refractivity contribution >= 4 is 29.8 Å². The molecule has 2 atom stereocenters. The van der Waals surface area contributed by atoms with Gasteiger partial charge >= 0.3 is 0 Å². The zero-order chi connectivity index (χ0) is 13.7. The molecule has 20 heavy (non-hydrogen) atoms. The third kappa shape index (κ3) is 3.83. The molecule has 4 heteroatoms. The van der Waals surface area contributed by atoms with Crippen LogP contribution in [0.3, 0.4) is 0 Å². The fourth-order valence-corrected chi connectivity index (χ4v) is 2.41. The first-order valence-corrected chi connectivity index (χ1v) is 6.63. The lowest BCUT2D eigenvalue weighted by atomic mass is 9.97. The zero-order valence-electron chi connectivity index (χ0n) is 11.1. The molecule has 0 bridgehead atoms. The highest BCUT2D eigenvalue weighted by atomic mass is 35.5. The van der Waals surface area contributed by atoms with E-state index in [0.717, 1.165) is 5.56 Å². The predicted octanol–water partition coefficient (Wildman–Crippen LogP) is 3.86. The normalized spacial score (nSPS) is 13.1. The summed E-state index contributed by atoms with van der Waals surface area (Å²) in [5.74, 6) is 0.00644. The Bertz CT molecular complexity index is 531. The van der Waals surface area contributed by atoms with Crippen LogP contribution in [-0.2, 0) is 0 Å². The number of nitrogens with one attached hydrogen (secondary N) is 1. The largest absolute Gasteiger partial charge is 0.309 e. The lowest BCUT2D eigenvalue weighted by molar-refractivity contribution is 0.0944. The Morgan fingerprint density at radius 2 is 1.50 bits per heavy atom. The highest BCUT2D eigenvalue weighted by molar-refractivity contribution is 6.24. The molecule has 0 amide bonds. The number of hydrogen-bond acceptors (Lipinski definition) is 2. The number of alkyl halides is 1. The van der Waals surface area contributed by atoms with E-state index in [1.165, 1.54) is 0 Å². The van der Waals surface area contributed by atoms with Crippen LogP contribution in [-0.4, -0.2) is 18.9 Å². The van der Waals surface area contributed by atoms with Gasteiger partial charge in [-0.05, 0) is 12.6 Å². The van der Waals surface area contributed by atoms with Crippen molar-refractivity contribution in [3.05, 3.63) is 71.8 Å². The minimum atomic E-state index is -0.438. The second kappa shape index (κ2) is 8.05. The Morgan fingerprint density at radius 1 is 1.00 bits per heavy atom. The molecule has 2 rings (SSSR count). The molecule has 2 unspecified atom stereocenters. The van der Waals surface area contributed by atoms with Crippen LogP contribution in [0.4, 0.5) is 0 Å². The van der Waals surface area contributed by atoms with Gasteiger partial charge in [0.2, 0.25) is 0 Å². The first-order chi connectivity index (χ1) is 9.24. The Balaban J connectivity index is 0.00000200. The Morgan fingerprint density at radius 3 is 2.00 bits per heavy atom. The van der Waals surface area contributed by atoms with E-state index in [0.29, 0.717) is 5.56 Å². The summed E-state index contributed by atoms with van der Waals surface area (Å²) in [5, 5.41) is 2.63. The number of benzene rings is 2. The number of Topliss-reactive ketones (excluding diaryl/α,β-unsaturated/α-hetero) is 1. The first-order valence-electron chi connectivity index (χ1n) is 6.19. The summed E-state index contributed by atoms with van der Waals surface area (Å²) in [7, 11) is 1.75. The van der Waals surface area contributed by atoms with Gasteiger partial charge < -0.3 is 5.32 Å². The lowest BCUT2D eigenvalue weighted by Gasteiger charge is -2.21. The van der Waals surface area contributed by atoms with Crippen LogP contribution >= 0.6 is 24.0 Å². The van der Waals surface area contributed by atoms with Gasteiger partial charge in [-0.25, -0.2) is 0 Å². The molecular formula is C16H17Cl2NO. The standard InChI is InChI=1S/C16H16ClNO.ClH/c1-18-15(14(17)12-8-4-2-5-9-12)16(19)13-10-6-3-7-11-13;/h2-11,14-15,18H,1H3;1H. The molecule has 2 nitrogen and oxygen atoms in total. The molecule has 0 saturated heterocycles. The number of carbonyl (C=O) groups excluding carboxylic acids is 1. The van der Waals surface area contributed by atoms with Crippen molar-refractivity contribution in [2.45, 2.75) is 11.4 Å². The smallest absolute Gasteiger partial charge is 0.181 e. The minimum absolute atomic E-state index is 0. The van der Waals surface area contributed by atoms with Crippen molar-refractivity contribution in [1.82, 2.24) is 5.32 Å². The van der Waals surface area contributed by atoms with Crippen LogP contribution in [0.2, 0.25) is 0 Å². The van der Waals surface area contributed by atoms with Gasteiger partial charge in [0.05, 0.1) is 11.4 Å². The van der Waals surface area contributed by atoms with Crippen molar-refractivity contribution in [2.24, 2.45) is 0 Å². The van der Waals surface area contributed by atoms with E-state index in [-0.39, 0.29) is 23.6 Å². The van der Waals surface area contributed by atoms with E-state index in [4.69, 9.17) is 11.6 Å². The van der Waals surface area contributed by atoms with E-state index in [1.807, 2.05) is 48.5 Å². The van der Waals surface area contributed by atoms with Crippen molar-refractivity contribution < 1.29 is 4.79 Å². The maximum atomic E-state index is 12.4. The third-order valence-electron chi connectivity index (χ3n) is 3.06. The summed E-state index contributed by atoms with van der Waals surface area (Å²) < 4.78 is 0. The van der Waals surface area contributed by atoms with Gasteiger partial charge in [-0.15, -0.1) is 24.0 Å². The Labute approximate surface area is 130 Å². The summed E-state index contributed by atoms with van der Waals surface area (Å²) in [6.45, 7) is 0. The number of rotatable bonds is 5. The molecule has 0 heterocycles. The Hall–Kier alpha value is -1.35. The number of ketones is 1. The Kier molecular flexibility index (Phi) is 6.73. The summed E-state index contributed by atoms with van der Waals surface area (Å²) >= 11 is 6.43. The van der Waals surface area contributed by atoms with E-state index >= 15 is 0 Å². The minimum Gasteiger partial charge on any atom is -0.309 e. The van der Waals surface area contributed by atoms with E-state index in [2.05, 4.69) is 5.32 Å². The first kappa shape index (κ1) is 16.7. The van der Waals surface area contributed by atoms with E-state index < -0.39 is 6.04 Å². The molecule has 0 aromatic heterocycles. The molecular weight excluding hydrogens is 293 g/mol. The van der Waals surface area contributed by atoms with E-state index in [1.54, 1.807) is 19.2 Å². The topological polar surface area (TPSA) is 29.1 Å². The summed E-state index contributed by atoms with van der Waals surface area (Å²) in [6.07, 6.45) is 0. The van der Waals surface area contributed by atoms with Crippen LogP contribution in [0.15, 0.2) is 60.7 Å². The molecule has 0 aliphatic heterocycles. The molecule has 106 valence electrons. The summed E-state index contributed by atoms with van der Waals surface area (Å²) in [5.41, 5.74) is 1.61. The van der Waals surface area contributed by atoms with Gasteiger partial charge in [0.15, 0.2) is 5.78 Å². The molecule has 2 aromatic carbocycles. The highest BCUT2D eigenvalue weighted by Crippen LogP contribution is 2.26. The molecule has 2 aromatic rings. The fraction of sp³-hybridized carbons (Fsp3) is 0.188. The maximum absolute atomic E-state index is 12.4. The summed E-state index contributed by atoms with van der Waals surface area (Å²) in [6, 6.07) is 18.4. The average Bonchev–Trinajstić information content (AvgIpc) is 2.49. The van der Waals surface area contributed by atoms with Gasteiger partial charge in [-0.1, -0.05) is 60.7 Å². The second-order valence-electron chi connectivity index (χ2n) is 4.31. The van der Waals surface area contributed by atoms with Crippen molar-refractivity contribution in [1.29, 1.82) is 0 Å².